The van der Waals surface area contributed by atoms with Crippen molar-refractivity contribution >= 4 is 5.91 Å². The fraction of sp³-hybridized carbons (Fsp3) is 0.923. The molecule has 1 saturated carbocycles. The summed E-state index contributed by atoms with van der Waals surface area (Å²) in [5.41, 5.74) is 5.47. The molecule has 3 rings (SSSR count). The van der Waals surface area contributed by atoms with E-state index in [9.17, 15) is 4.79 Å². The van der Waals surface area contributed by atoms with Crippen LogP contribution in [0, 0.1) is 5.92 Å². The summed E-state index contributed by atoms with van der Waals surface area (Å²) in [5, 5.41) is 0. The molecule has 4 heteroatoms. The van der Waals surface area contributed by atoms with Gasteiger partial charge in [-0.1, -0.05) is 6.42 Å². The van der Waals surface area contributed by atoms with Crippen LogP contribution >= 0.6 is 0 Å². The molecule has 0 bridgehead atoms. The van der Waals surface area contributed by atoms with Gasteiger partial charge in [0.15, 0.2) is 0 Å². The van der Waals surface area contributed by atoms with Gasteiger partial charge < -0.3 is 15.4 Å². The van der Waals surface area contributed by atoms with Crippen molar-refractivity contribution in [3.8, 4) is 0 Å². The minimum absolute atomic E-state index is 0.145. The van der Waals surface area contributed by atoms with Gasteiger partial charge in [-0.05, 0) is 38.0 Å². The Morgan fingerprint density at radius 2 is 2.12 bits per heavy atom. The fourth-order valence-electron chi connectivity index (χ4n) is 3.74. The number of amides is 1. The number of likely N-dealkylation sites (tertiary alicyclic amines) is 1. The summed E-state index contributed by atoms with van der Waals surface area (Å²) in [6, 6.07) is 0.470. The lowest BCUT2D eigenvalue weighted by molar-refractivity contribution is -0.141. The molecule has 0 spiro atoms. The molecule has 3 aliphatic rings. The van der Waals surface area contributed by atoms with Crippen LogP contribution < -0.4 is 5.73 Å². The topological polar surface area (TPSA) is 55.6 Å². The number of carbonyl (C=O) groups excluding carboxylic acids is 1. The fourth-order valence-corrected chi connectivity index (χ4v) is 3.74. The first kappa shape index (κ1) is 11.5. The smallest absolute Gasteiger partial charge is 0.245 e. The van der Waals surface area contributed by atoms with Crippen LogP contribution in [0.3, 0.4) is 0 Å². The van der Waals surface area contributed by atoms with Gasteiger partial charge in [-0.2, -0.15) is 0 Å². The van der Waals surface area contributed by atoms with E-state index in [1.54, 1.807) is 0 Å². The van der Waals surface area contributed by atoms with Gasteiger partial charge in [0.05, 0.1) is 6.61 Å². The average molecular weight is 238 g/mol. The molecule has 4 nitrogen and oxygen atoms in total. The lowest BCUT2D eigenvalue weighted by Gasteiger charge is -2.41. The minimum Gasteiger partial charge on any atom is -0.379 e. The molecule has 96 valence electrons. The first-order valence-electron chi connectivity index (χ1n) is 6.88. The zero-order valence-corrected chi connectivity index (χ0v) is 10.4. The second-order valence-electron chi connectivity index (χ2n) is 5.86. The maximum absolute atomic E-state index is 12.6. The maximum atomic E-state index is 12.6. The van der Waals surface area contributed by atoms with Crippen LogP contribution in [0.5, 0.6) is 0 Å². The summed E-state index contributed by atoms with van der Waals surface area (Å²) < 4.78 is 5.31. The van der Waals surface area contributed by atoms with Crippen molar-refractivity contribution in [2.24, 2.45) is 11.7 Å². The molecule has 2 heterocycles. The molecule has 1 aliphatic carbocycles. The normalized spacial score (nSPS) is 41.6. The van der Waals surface area contributed by atoms with Gasteiger partial charge in [-0.3, -0.25) is 4.79 Å². The molecule has 2 N–H and O–H groups in total. The minimum atomic E-state index is -0.732. The Bertz CT molecular complexity index is 313. The third-order valence-electron chi connectivity index (χ3n) is 4.73. The predicted octanol–water partition coefficient (Wildman–Crippen LogP) is 0.895. The number of ether oxygens (including phenoxy) is 1. The molecule has 3 fully saturated rings. The Balaban J connectivity index is 1.76. The van der Waals surface area contributed by atoms with Gasteiger partial charge in [-0.15, -0.1) is 0 Å². The van der Waals surface area contributed by atoms with Crippen LogP contribution in [0.25, 0.3) is 0 Å². The molecule has 0 aromatic rings. The van der Waals surface area contributed by atoms with E-state index in [-0.39, 0.29) is 5.91 Å². The summed E-state index contributed by atoms with van der Waals surface area (Å²) in [6.07, 6.45) is 6.86. The lowest BCUT2D eigenvalue weighted by Crippen LogP contribution is -2.60. The summed E-state index contributed by atoms with van der Waals surface area (Å²) in [5.74, 6) is 0.880. The van der Waals surface area contributed by atoms with Crippen LogP contribution in [0.2, 0.25) is 0 Å². The van der Waals surface area contributed by atoms with E-state index < -0.39 is 5.54 Å². The third-order valence-corrected chi connectivity index (χ3v) is 4.73. The summed E-state index contributed by atoms with van der Waals surface area (Å²) in [7, 11) is 0. The highest BCUT2D eigenvalue weighted by molar-refractivity contribution is 5.87. The predicted molar refractivity (Wildman–Crippen MR) is 64.4 cm³/mol. The van der Waals surface area contributed by atoms with Crippen molar-refractivity contribution in [3.63, 3.8) is 0 Å². The van der Waals surface area contributed by atoms with Gasteiger partial charge >= 0.3 is 0 Å². The number of carbonyl (C=O) groups is 1. The highest BCUT2D eigenvalue weighted by atomic mass is 16.5. The van der Waals surface area contributed by atoms with Gasteiger partial charge in [0.2, 0.25) is 5.91 Å². The molecular weight excluding hydrogens is 216 g/mol. The van der Waals surface area contributed by atoms with Crippen molar-refractivity contribution < 1.29 is 9.53 Å². The van der Waals surface area contributed by atoms with Crippen molar-refractivity contribution in [1.29, 1.82) is 0 Å². The van der Waals surface area contributed by atoms with Gasteiger partial charge in [0.25, 0.3) is 0 Å². The number of nitrogens with two attached hydrogens (primary N) is 1. The van der Waals surface area contributed by atoms with Crippen molar-refractivity contribution in [3.05, 3.63) is 0 Å². The summed E-state index contributed by atoms with van der Waals surface area (Å²) >= 11 is 0. The summed E-state index contributed by atoms with van der Waals surface area (Å²) in [4.78, 5) is 14.7. The van der Waals surface area contributed by atoms with Crippen LogP contribution in [-0.2, 0) is 9.53 Å². The number of nitrogens with zero attached hydrogens (tertiary/aromatic N) is 1. The molecule has 3 atom stereocenters. The van der Waals surface area contributed by atoms with Crippen LogP contribution in [0.15, 0.2) is 0 Å². The number of rotatable bonds is 1. The Morgan fingerprint density at radius 3 is 2.88 bits per heavy atom. The van der Waals surface area contributed by atoms with Crippen LogP contribution in [0.1, 0.15) is 38.5 Å². The highest BCUT2D eigenvalue weighted by Crippen LogP contribution is 2.38. The third kappa shape index (κ3) is 1.87. The van der Waals surface area contributed by atoms with E-state index in [2.05, 4.69) is 4.90 Å². The molecule has 0 aromatic heterocycles. The number of hydrogen-bond donors (Lipinski definition) is 1. The SMILES string of the molecule is NC1(C(=O)N2CCCC3CCCC32)CCOC1. The van der Waals surface area contributed by atoms with Crippen molar-refractivity contribution in [2.75, 3.05) is 19.8 Å². The monoisotopic (exact) mass is 238 g/mol. The molecular formula is C13H22N2O2. The van der Waals surface area contributed by atoms with Gasteiger partial charge in [-0.25, -0.2) is 0 Å². The molecule has 3 unspecified atom stereocenters. The average Bonchev–Trinajstić information content (AvgIpc) is 2.96. The van der Waals surface area contributed by atoms with E-state index in [1.807, 2.05) is 0 Å². The summed E-state index contributed by atoms with van der Waals surface area (Å²) in [6.45, 7) is 1.93. The first-order valence-corrected chi connectivity index (χ1v) is 6.88. The number of hydrogen-bond acceptors (Lipinski definition) is 3. The van der Waals surface area contributed by atoms with Gasteiger partial charge in [0.1, 0.15) is 5.54 Å². The van der Waals surface area contributed by atoms with E-state index in [1.165, 1.54) is 25.7 Å². The highest BCUT2D eigenvalue weighted by Gasteiger charge is 2.46. The van der Waals surface area contributed by atoms with E-state index in [0.717, 1.165) is 18.9 Å². The van der Waals surface area contributed by atoms with Gasteiger partial charge in [0, 0.05) is 19.2 Å². The van der Waals surface area contributed by atoms with E-state index >= 15 is 0 Å². The molecule has 2 aliphatic heterocycles. The van der Waals surface area contributed by atoms with E-state index in [4.69, 9.17) is 10.5 Å². The Kier molecular flexibility index (Phi) is 2.87. The number of piperidine rings is 1. The molecule has 2 saturated heterocycles. The number of fused-ring (bicyclic) bond motifs is 1. The van der Waals surface area contributed by atoms with Crippen LogP contribution in [-0.4, -0.2) is 42.1 Å². The largest absolute Gasteiger partial charge is 0.379 e. The Hall–Kier alpha value is -0.610. The van der Waals surface area contributed by atoms with E-state index in [0.29, 0.717) is 25.7 Å². The quantitative estimate of drug-likeness (QED) is 0.738. The molecule has 1 amide bonds. The Morgan fingerprint density at radius 1 is 1.29 bits per heavy atom. The second kappa shape index (κ2) is 4.25. The maximum Gasteiger partial charge on any atom is 0.245 e. The first-order chi connectivity index (χ1) is 8.21. The molecule has 17 heavy (non-hydrogen) atoms. The standard InChI is InChI=1S/C13H22N2O2/c14-13(6-8-17-9-13)12(16)15-7-2-4-10-3-1-5-11(10)15/h10-11H,1-9,14H2. The zero-order chi connectivity index (χ0) is 11.9. The zero-order valence-electron chi connectivity index (χ0n) is 10.4. The molecule has 0 aromatic carbocycles. The van der Waals surface area contributed by atoms with Crippen molar-refractivity contribution in [2.45, 2.75) is 50.1 Å². The van der Waals surface area contributed by atoms with Crippen LogP contribution in [0.4, 0.5) is 0 Å². The second-order valence-corrected chi connectivity index (χ2v) is 5.86. The van der Waals surface area contributed by atoms with Crippen molar-refractivity contribution in [1.82, 2.24) is 4.90 Å². The Labute approximate surface area is 102 Å². The molecule has 0 radical (unpaired) electrons. The lowest BCUT2D eigenvalue weighted by atomic mass is 9.89.